The molecule has 3 amide bonds. The van der Waals surface area contributed by atoms with Crippen LogP contribution in [0.5, 0.6) is 5.75 Å². The molecule has 9 heteroatoms. The third-order valence-corrected chi connectivity index (χ3v) is 6.62. The first-order valence-corrected chi connectivity index (χ1v) is 11.6. The lowest BCUT2D eigenvalue weighted by molar-refractivity contribution is -0.117. The average molecular weight is 474 g/mol. The van der Waals surface area contributed by atoms with Crippen LogP contribution in [-0.4, -0.2) is 47.7 Å². The van der Waals surface area contributed by atoms with Crippen LogP contribution in [0.2, 0.25) is 0 Å². The number of fused-ring (bicyclic) bond motifs is 1. The first kappa shape index (κ1) is 22.6. The van der Waals surface area contributed by atoms with E-state index in [-0.39, 0.29) is 17.5 Å². The number of nitrogens with zero attached hydrogens (tertiary/aromatic N) is 4. The number of carbonyl (C=O) groups is 3. The quantitative estimate of drug-likeness (QED) is 0.613. The van der Waals surface area contributed by atoms with Crippen LogP contribution in [0, 0.1) is 13.8 Å². The molecule has 0 saturated carbocycles. The largest absolute Gasteiger partial charge is 0.497 e. The number of methoxy groups -OCH3 is 1. The van der Waals surface area contributed by atoms with Crippen molar-refractivity contribution in [1.29, 1.82) is 0 Å². The molecule has 0 bridgehead atoms. The van der Waals surface area contributed by atoms with Gasteiger partial charge in [-0.3, -0.25) is 14.4 Å². The van der Waals surface area contributed by atoms with Gasteiger partial charge in [-0.1, -0.05) is 0 Å². The number of aromatic nitrogens is 2. The molecule has 2 N–H and O–H groups in total. The van der Waals surface area contributed by atoms with Gasteiger partial charge in [0.05, 0.1) is 12.8 Å². The fourth-order valence-electron chi connectivity index (χ4n) is 4.97. The summed E-state index contributed by atoms with van der Waals surface area (Å²) in [5.74, 6) is -0.198. The highest BCUT2D eigenvalue weighted by molar-refractivity contribution is 6.10. The van der Waals surface area contributed by atoms with Gasteiger partial charge in [0.2, 0.25) is 5.91 Å². The maximum atomic E-state index is 13.8. The Bertz CT molecular complexity index is 1380. The van der Waals surface area contributed by atoms with E-state index in [1.165, 1.54) is 4.68 Å². The molecule has 35 heavy (non-hydrogen) atoms. The molecule has 0 atom stereocenters. The predicted molar refractivity (Wildman–Crippen MR) is 132 cm³/mol. The van der Waals surface area contributed by atoms with Crippen LogP contribution in [0.15, 0.2) is 36.4 Å². The van der Waals surface area contributed by atoms with Crippen molar-refractivity contribution in [3.63, 3.8) is 0 Å². The number of anilines is 2. The third kappa shape index (κ3) is 3.82. The number of carbonyl (C=O) groups excluding carboxylic acids is 3. The molecule has 0 unspecified atom stereocenters. The molecule has 0 radical (unpaired) electrons. The second-order valence-electron chi connectivity index (χ2n) is 8.99. The summed E-state index contributed by atoms with van der Waals surface area (Å²) < 4.78 is 6.89. The molecule has 180 valence electrons. The molecule has 0 aliphatic carbocycles. The van der Waals surface area contributed by atoms with Crippen molar-refractivity contribution in [3.8, 4) is 11.4 Å². The highest BCUT2D eigenvalue weighted by Crippen LogP contribution is 2.33. The minimum absolute atomic E-state index is 0.105. The zero-order valence-electron chi connectivity index (χ0n) is 20.0. The highest BCUT2D eigenvalue weighted by atomic mass is 16.5. The second-order valence-corrected chi connectivity index (χ2v) is 8.99. The molecule has 9 nitrogen and oxygen atoms in total. The average Bonchev–Trinajstić information content (AvgIpc) is 3.43. The van der Waals surface area contributed by atoms with Crippen molar-refractivity contribution < 1.29 is 19.1 Å². The molecular weight excluding hydrogens is 446 g/mol. The summed E-state index contributed by atoms with van der Waals surface area (Å²) in [4.78, 5) is 41.7. The molecular formula is C26H27N5O4. The van der Waals surface area contributed by atoms with Crippen molar-refractivity contribution in [2.45, 2.75) is 33.1 Å². The van der Waals surface area contributed by atoms with Gasteiger partial charge < -0.3 is 20.3 Å². The monoisotopic (exact) mass is 473 g/mol. The first-order valence-electron chi connectivity index (χ1n) is 11.6. The van der Waals surface area contributed by atoms with Gasteiger partial charge in [-0.05, 0) is 68.1 Å². The Labute approximate surface area is 203 Å². The van der Waals surface area contributed by atoms with Gasteiger partial charge in [-0.25, -0.2) is 4.68 Å². The molecule has 3 heterocycles. The Balaban J connectivity index is 1.57. The number of hydrogen-bond acceptors (Lipinski definition) is 5. The predicted octanol–water partition coefficient (Wildman–Crippen LogP) is 2.93. The summed E-state index contributed by atoms with van der Waals surface area (Å²) in [6, 6.07) is 11.2. The van der Waals surface area contributed by atoms with Crippen molar-refractivity contribution in [2.24, 2.45) is 5.73 Å². The highest BCUT2D eigenvalue weighted by Gasteiger charge is 2.35. The Hall–Kier alpha value is -4.14. The van der Waals surface area contributed by atoms with Crippen molar-refractivity contribution in [1.82, 2.24) is 9.78 Å². The van der Waals surface area contributed by atoms with Crippen LogP contribution in [0.1, 0.15) is 50.5 Å². The van der Waals surface area contributed by atoms with E-state index in [2.05, 4.69) is 5.10 Å². The molecule has 2 aromatic carbocycles. The number of benzene rings is 2. The Morgan fingerprint density at radius 3 is 2.46 bits per heavy atom. The van der Waals surface area contributed by atoms with Gasteiger partial charge in [-0.15, -0.1) is 0 Å². The van der Waals surface area contributed by atoms with Crippen LogP contribution in [0.25, 0.3) is 5.69 Å². The Morgan fingerprint density at radius 2 is 1.80 bits per heavy atom. The van der Waals surface area contributed by atoms with Gasteiger partial charge in [0.25, 0.3) is 11.8 Å². The first-order chi connectivity index (χ1) is 16.8. The molecule has 2 aliphatic heterocycles. The third-order valence-electron chi connectivity index (χ3n) is 6.62. The Kier molecular flexibility index (Phi) is 5.55. The molecule has 3 aromatic rings. The SMILES string of the molecule is COc1cc(C)cc(-n2nc(C(N)=O)c3c2C(=O)N(c2ccc(N4CCCC4=O)cc2C)CC3)c1. The minimum Gasteiger partial charge on any atom is -0.497 e. The van der Waals surface area contributed by atoms with Crippen LogP contribution in [-0.2, 0) is 11.2 Å². The number of primary amides is 1. The zero-order valence-corrected chi connectivity index (χ0v) is 20.0. The maximum absolute atomic E-state index is 13.8. The van der Waals surface area contributed by atoms with Crippen LogP contribution in [0.4, 0.5) is 11.4 Å². The van der Waals surface area contributed by atoms with Gasteiger partial charge in [0.1, 0.15) is 11.4 Å². The number of ether oxygens (including phenoxy) is 1. The zero-order chi connectivity index (χ0) is 24.9. The van der Waals surface area contributed by atoms with E-state index in [0.717, 1.165) is 28.9 Å². The molecule has 1 saturated heterocycles. The summed E-state index contributed by atoms with van der Waals surface area (Å²) in [5.41, 5.74) is 10.6. The fraction of sp³-hybridized carbons (Fsp3) is 0.308. The summed E-state index contributed by atoms with van der Waals surface area (Å²) in [6.07, 6.45) is 1.85. The van der Waals surface area contributed by atoms with Crippen molar-refractivity contribution in [3.05, 3.63) is 64.5 Å². The van der Waals surface area contributed by atoms with Crippen molar-refractivity contribution >= 4 is 29.1 Å². The lowest BCUT2D eigenvalue weighted by Crippen LogP contribution is -2.39. The van der Waals surface area contributed by atoms with E-state index in [4.69, 9.17) is 10.5 Å². The molecule has 0 spiro atoms. The number of aryl methyl sites for hydroxylation is 2. The maximum Gasteiger partial charge on any atom is 0.277 e. The topological polar surface area (TPSA) is 111 Å². The summed E-state index contributed by atoms with van der Waals surface area (Å²) in [7, 11) is 1.57. The second kappa shape index (κ2) is 8.57. The van der Waals surface area contributed by atoms with Gasteiger partial charge >= 0.3 is 0 Å². The van der Waals surface area contributed by atoms with Crippen LogP contribution < -0.4 is 20.3 Å². The lowest BCUT2D eigenvalue weighted by Gasteiger charge is -2.29. The number of amides is 3. The van der Waals surface area contributed by atoms with E-state index in [1.54, 1.807) is 23.0 Å². The van der Waals surface area contributed by atoms with E-state index < -0.39 is 5.91 Å². The van der Waals surface area contributed by atoms with Gasteiger partial charge in [0.15, 0.2) is 5.69 Å². The lowest BCUT2D eigenvalue weighted by atomic mass is 10.0. The summed E-state index contributed by atoms with van der Waals surface area (Å²) in [5, 5.41) is 4.45. The number of hydrogen-bond donors (Lipinski definition) is 1. The number of rotatable bonds is 5. The molecule has 2 aliphatic rings. The standard InChI is InChI=1S/C26H27N5O4/c1-15-11-18(14-19(12-15)35-3)31-24-20(23(28-31)25(27)33)8-10-30(26(24)34)21-7-6-17(13-16(21)2)29-9-4-5-22(29)32/h6-7,11-14H,4-5,8-10H2,1-3H3,(H2,27,33). The molecule has 5 rings (SSSR count). The fourth-order valence-corrected chi connectivity index (χ4v) is 4.97. The smallest absolute Gasteiger partial charge is 0.277 e. The Morgan fingerprint density at radius 1 is 1.00 bits per heavy atom. The van der Waals surface area contributed by atoms with E-state index in [9.17, 15) is 14.4 Å². The van der Waals surface area contributed by atoms with E-state index in [1.807, 2.05) is 44.2 Å². The summed E-state index contributed by atoms with van der Waals surface area (Å²) in [6.45, 7) is 4.94. The minimum atomic E-state index is -0.670. The number of nitrogens with two attached hydrogens (primary N) is 1. The van der Waals surface area contributed by atoms with E-state index >= 15 is 0 Å². The molecule has 1 fully saturated rings. The van der Waals surface area contributed by atoms with Crippen molar-refractivity contribution in [2.75, 3.05) is 30.0 Å². The molecule has 1 aromatic heterocycles. The van der Waals surface area contributed by atoms with Gasteiger partial charge in [0, 0.05) is 42.5 Å². The summed E-state index contributed by atoms with van der Waals surface area (Å²) >= 11 is 0. The van der Waals surface area contributed by atoms with E-state index in [0.29, 0.717) is 48.6 Å². The van der Waals surface area contributed by atoms with Crippen LogP contribution >= 0.6 is 0 Å². The normalized spacial score (nSPS) is 15.5. The van der Waals surface area contributed by atoms with Crippen LogP contribution in [0.3, 0.4) is 0 Å². The van der Waals surface area contributed by atoms with Gasteiger partial charge in [-0.2, -0.15) is 5.10 Å².